The van der Waals surface area contributed by atoms with E-state index in [9.17, 15) is 13.2 Å². The summed E-state index contributed by atoms with van der Waals surface area (Å²) in [6.07, 6.45) is -0.131. The van der Waals surface area contributed by atoms with Gasteiger partial charge in [0.1, 0.15) is 0 Å². The van der Waals surface area contributed by atoms with Gasteiger partial charge in [-0.3, -0.25) is 9.69 Å². The highest BCUT2D eigenvalue weighted by Gasteiger charge is 2.35. The molecule has 0 bridgehead atoms. The van der Waals surface area contributed by atoms with Crippen LogP contribution in [0.5, 0.6) is 0 Å². The molecule has 2 rings (SSSR count). The number of carboxylic acids is 1. The van der Waals surface area contributed by atoms with Crippen molar-refractivity contribution in [2.45, 2.75) is 25.4 Å². The van der Waals surface area contributed by atoms with Gasteiger partial charge in [-0.05, 0) is 29.3 Å². The highest BCUT2D eigenvalue weighted by Crippen LogP contribution is 2.28. The fourth-order valence-electron chi connectivity index (χ4n) is 2.49. The maximum Gasteiger partial charge on any atom is 0.304 e. The highest BCUT2D eigenvalue weighted by molar-refractivity contribution is 7.91. The first-order valence-electron chi connectivity index (χ1n) is 6.09. The minimum atomic E-state index is -3.12. The summed E-state index contributed by atoms with van der Waals surface area (Å²) < 4.78 is 23.4. The van der Waals surface area contributed by atoms with Gasteiger partial charge in [-0.2, -0.15) is 11.3 Å². The van der Waals surface area contributed by atoms with Gasteiger partial charge >= 0.3 is 5.97 Å². The van der Waals surface area contributed by atoms with Gasteiger partial charge in [-0.15, -0.1) is 0 Å². The third kappa shape index (κ3) is 3.55. The lowest BCUT2D eigenvalue weighted by Crippen LogP contribution is -2.50. The first-order valence-corrected chi connectivity index (χ1v) is 8.85. The second kappa shape index (κ2) is 5.60. The van der Waals surface area contributed by atoms with E-state index in [1.54, 1.807) is 11.3 Å². The van der Waals surface area contributed by atoms with Crippen molar-refractivity contribution < 1.29 is 18.3 Å². The van der Waals surface area contributed by atoms with Crippen LogP contribution in [0.3, 0.4) is 0 Å². The Hall–Kier alpha value is -0.920. The summed E-state index contributed by atoms with van der Waals surface area (Å²) in [5.74, 6) is -0.907. The lowest BCUT2D eigenvalue weighted by Gasteiger charge is -2.38. The molecule has 7 heteroatoms. The average Bonchev–Trinajstić information content (AvgIpc) is 2.79. The number of sulfone groups is 1. The first kappa shape index (κ1) is 14.5. The molecule has 1 N–H and O–H groups in total. The molecular weight excluding hydrogens is 286 g/mol. The first-order chi connectivity index (χ1) is 8.89. The van der Waals surface area contributed by atoms with Crippen LogP contribution in [0.4, 0.5) is 0 Å². The molecule has 1 aromatic rings. The van der Waals surface area contributed by atoms with Crippen LogP contribution < -0.4 is 0 Å². The molecule has 1 fully saturated rings. The number of hydrogen-bond acceptors (Lipinski definition) is 5. The van der Waals surface area contributed by atoms with Gasteiger partial charge in [0.25, 0.3) is 0 Å². The van der Waals surface area contributed by atoms with Crippen LogP contribution in [0.1, 0.15) is 24.9 Å². The quantitative estimate of drug-likeness (QED) is 0.909. The molecule has 2 heterocycles. The van der Waals surface area contributed by atoms with Gasteiger partial charge in [0, 0.05) is 18.6 Å². The van der Waals surface area contributed by atoms with Gasteiger partial charge in [-0.1, -0.05) is 0 Å². The smallest absolute Gasteiger partial charge is 0.304 e. The van der Waals surface area contributed by atoms with Crippen molar-refractivity contribution in [3.63, 3.8) is 0 Å². The van der Waals surface area contributed by atoms with E-state index in [2.05, 4.69) is 0 Å². The maximum absolute atomic E-state index is 11.7. The number of aliphatic carboxylic acids is 1. The average molecular weight is 303 g/mol. The predicted molar refractivity (Wildman–Crippen MR) is 74.1 cm³/mol. The van der Waals surface area contributed by atoms with Crippen LogP contribution in [0.15, 0.2) is 16.8 Å². The van der Waals surface area contributed by atoms with Gasteiger partial charge in [-0.25, -0.2) is 8.42 Å². The number of thiophene rings is 1. The van der Waals surface area contributed by atoms with E-state index in [1.807, 2.05) is 28.7 Å². The summed E-state index contributed by atoms with van der Waals surface area (Å²) in [6.45, 7) is 2.39. The third-order valence-electron chi connectivity index (χ3n) is 3.51. The molecule has 2 atom stereocenters. The van der Waals surface area contributed by atoms with E-state index in [-0.39, 0.29) is 24.0 Å². The van der Waals surface area contributed by atoms with Crippen LogP contribution >= 0.6 is 11.3 Å². The van der Waals surface area contributed by atoms with Crippen molar-refractivity contribution in [1.29, 1.82) is 0 Å². The Morgan fingerprint density at radius 2 is 2.37 bits per heavy atom. The zero-order valence-corrected chi connectivity index (χ0v) is 12.3. The SMILES string of the molecule is CC(c1ccsc1)N1CCS(=O)(=O)CC1CC(=O)O. The summed E-state index contributed by atoms with van der Waals surface area (Å²) in [5, 5.41) is 12.9. The number of hydrogen-bond donors (Lipinski definition) is 1. The third-order valence-corrected chi connectivity index (χ3v) is 5.91. The molecule has 1 aliphatic rings. The lowest BCUT2D eigenvalue weighted by atomic mass is 10.1. The molecule has 0 radical (unpaired) electrons. The maximum atomic E-state index is 11.7. The van der Waals surface area contributed by atoms with E-state index >= 15 is 0 Å². The monoisotopic (exact) mass is 303 g/mol. The number of carboxylic acid groups (broad SMARTS) is 1. The summed E-state index contributed by atoms with van der Waals surface area (Å²) in [5.41, 5.74) is 1.11. The molecule has 1 aromatic heterocycles. The Balaban J connectivity index is 2.19. The zero-order chi connectivity index (χ0) is 14.0. The Morgan fingerprint density at radius 3 is 2.95 bits per heavy atom. The Bertz CT molecular complexity index is 538. The molecule has 0 saturated carbocycles. The Labute approximate surface area is 116 Å². The van der Waals surface area contributed by atoms with Gasteiger partial charge in [0.05, 0.1) is 17.9 Å². The van der Waals surface area contributed by atoms with Crippen molar-refractivity contribution in [2.24, 2.45) is 0 Å². The van der Waals surface area contributed by atoms with Crippen molar-refractivity contribution in [1.82, 2.24) is 4.90 Å². The predicted octanol–water partition coefficient (Wildman–Crippen LogP) is 1.38. The topological polar surface area (TPSA) is 74.7 Å². The van der Waals surface area contributed by atoms with E-state index in [4.69, 9.17) is 5.11 Å². The van der Waals surface area contributed by atoms with Gasteiger partial charge in [0.15, 0.2) is 9.84 Å². The molecule has 0 aromatic carbocycles. The van der Waals surface area contributed by atoms with Crippen LogP contribution in [0.2, 0.25) is 0 Å². The molecule has 1 saturated heterocycles. The summed E-state index contributed by atoms with van der Waals surface area (Å²) >= 11 is 1.59. The fraction of sp³-hybridized carbons (Fsp3) is 0.583. The van der Waals surface area contributed by atoms with E-state index in [1.165, 1.54) is 0 Å². The summed E-state index contributed by atoms with van der Waals surface area (Å²) in [4.78, 5) is 12.9. The molecule has 106 valence electrons. The Morgan fingerprint density at radius 1 is 1.63 bits per heavy atom. The molecule has 2 unspecified atom stereocenters. The number of nitrogens with zero attached hydrogens (tertiary/aromatic N) is 1. The second-order valence-corrected chi connectivity index (χ2v) is 7.85. The lowest BCUT2D eigenvalue weighted by molar-refractivity contribution is -0.138. The molecule has 0 spiro atoms. The molecule has 0 aliphatic carbocycles. The summed E-state index contributed by atoms with van der Waals surface area (Å²) in [7, 11) is -3.12. The molecule has 5 nitrogen and oxygen atoms in total. The van der Waals surface area contributed by atoms with E-state index < -0.39 is 21.8 Å². The van der Waals surface area contributed by atoms with Crippen molar-refractivity contribution in [3.8, 4) is 0 Å². The van der Waals surface area contributed by atoms with Gasteiger partial charge in [0.2, 0.25) is 0 Å². The van der Waals surface area contributed by atoms with Gasteiger partial charge < -0.3 is 5.11 Å². The normalized spacial score (nSPS) is 25.0. The molecular formula is C12H17NO4S2. The van der Waals surface area contributed by atoms with E-state index in [0.717, 1.165) is 5.56 Å². The number of carbonyl (C=O) groups is 1. The largest absolute Gasteiger partial charge is 0.481 e. The molecule has 19 heavy (non-hydrogen) atoms. The zero-order valence-electron chi connectivity index (χ0n) is 10.7. The Kier molecular flexibility index (Phi) is 4.27. The minimum Gasteiger partial charge on any atom is -0.481 e. The van der Waals surface area contributed by atoms with Crippen molar-refractivity contribution >= 4 is 27.1 Å². The van der Waals surface area contributed by atoms with Crippen LogP contribution in [0, 0.1) is 0 Å². The number of rotatable bonds is 4. The highest BCUT2D eigenvalue weighted by atomic mass is 32.2. The minimum absolute atomic E-state index is 0.0473. The molecule has 0 amide bonds. The van der Waals surface area contributed by atoms with Crippen molar-refractivity contribution in [3.05, 3.63) is 22.4 Å². The van der Waals surface area contributed by atoms with Crippen LogP contribution in [0.25, 0.3) is 0 Å². The fourth-order valence-corrected chi connectivity index (χ4v) is 4.79. The van der Waals surface area contributed by atoms with Crippen molar-refractivity contribution in [2.75, 3.05) is 18.1 Å². The standard InChI is InChI=1S/C12H17NO4S2/c1-9(10-2-4-18-7-10)13-3-5-19(16,17)8-11(13)6-12(14)15/h2,4,7,9,11H,3,5-6,8H2,1H3,(H,14,15). The second-order valence-electron chi connectivity index (χ2n) is 4.84. The van der Waals surface area contributed by atoms with Crippen LogP contribution in [-0.4, -0.2) is 48.5 Å². The molecule has 1 aliphatic heterocycles. The summed E-state index contributed by atoms with van der Waals surface area (Å²) in [6, 6.07) is 1.60. The van der Waals surface area contributed by atoms with E-state index in [0.29, 0.717) is 6.54 Å². The van der Waals surface area contributed by atoms with Crippen LogP contribution in [-0.2, 0) is 14.6 Å².